The van der Waals surface area contributed by atoms with Gasteiger partial charge in [0.2, 0.25) is 0 Å². The van der Waals surface area contributed by atoms with Crippen LogP contribution in [0.25, 0.3) is 10.8 Å². The molecule has 106 valence electrons. The van der Waals surface area contributed by atoms with Crippen LogP contribution in [0.2, 0.25) is 5.15 Å². The molecule has 0 amide bonds. The molecule has 0 saturated heterocycles. The van der Waals surface area contributed by atoms with Crippen LogP contribution in [0.3, 0.4) is 0 Å². The van der Waals surface area contributed by atoms with E-state index in [1.54, 1.807) is 0 Å². The summed E-state index contributed by atoms with van der Waals surface area (Å²) in [6.45, 7) is 4.87. The number of halogens is 1. The van der Waals surface area contributed by atoms with Crippen molar-refractivity contribution >= 4 is 33.9 Å². The van der Waals surface area contributed by atoms with E-state index in [9.17, 15) is 0 Å². The lowest BCUT2D eigenvalue weighted by Gasteiger charge is -2.25. The second-order valence-corrected chi connectivity index (χ2v) is 5.21. The number of nitrogens with zero attached hydrogens (tertiary/aromatic N) is 3. The van der Waals surface area contributed by atoms with E-state index >= 15 is 0 Å². The predicted octanol–water partition coefficient (Wildman–Crippen LogP) is 4.75. The van der Waals surface area contributed by atoms with Crippen LogP contribution in [0.4, 0.5) is 11.5 Å². The van der Waals surface area contributed by atoms with E-state index in [0.717, 1.165) is 23.6 Å². The van der Waals surface area contributed by atoms with Crippen LogP contribution in [0, 0.1) is 6.92 Å². The summed E-state index contributed by atoms with van der Waals surface area (Å²) in [6, 6.07) is 14.7. The highest BCUT2D eigenvalue weighted by molar-refractivity contribution is 6.30. The Kier molecular flexibility index (Phi) is 3.76. The highest BCUT2D eigenvalue weighted by Gasteiger charge is 2.15. The van der Waals surface area contributed by atoms with E-state index in [2.05, 4.69) is 64.3 Å². The molecule has 0 N–H and O–H groups in total. The quantitative estimate of drug-likeness (QED) is 0.653. The molecule has 0 aliphatic rings. The molecule has 2 aromatic carbocycles. The third kappa shape index (κ3) is 2.45. The Balaban J connectivity index is 2.21. The van der Waals surface area contributed by atoms with Crippen LogP contribution < -0.4 is 4.90 Å². The van der Waals surface area contributed by atoms with Crippen LogP contribution in [0.5, 0.6) is 0 Å². The first kappa shape index (κ1) is 13.8. The maximum Gasteiger partial charge on any atom is 0.140 e. The first-order valence-corrected chi connectivity index (χ1v) is 7.32. The van der Waals surface area contributed by atoms with Crippen molar-refractivity contribution in [3.63, 3.8) is 0 Å². The maximum atomic E-state index is 6.14. The van der Waals surface area contributed by atoms with Gasteiger partial charge >= 0.3 is 0 Å². The van der Waals surface area contributed by atoms with Crippen molar-refractivity contribution in [2.24, 2.45) is 0 Å². The summed E-state index contributed by atoms with van der Waals surface area (Å²) in [5.74, 6) is 0.855. The molecule has 1 aromatic heterocycles. The van der Waals surface area contributed by atoms with Gasteiger partial charge in [-0.05, 0) is 25.3 Å². The number of hydrogen-bond acceptors (Lipinski definition) is 3. The summed E-state index contributed by atoms with van der Waals surface area (Å²) in [5, 5.41) is 2.92. The van der Waals surface area contributed by atoms with Crippen LogP contribution in [-0.2, 0) is 0 Å². The van der Waals surface area contributed by atoms with E-state index in [0.29, 0.717) is 5.15 Å². The van der Waals surface area contributed by atoms with Gasteiger partial charge in [0, 0.05) is 17.5 Å². The Morgan fingerprint density at radius 1 is 1.05 bits per heavy atom. The summed E-state index contributed by atoms with van der Waals surface area (Å²) in [5.41, 5.74) is 2.03. The van der Waals surface area contributed by atoms with Crippen LogP contribution in [0.1, 0.15) is 12.5 Å². The molecule has 0 aliphatic carbocycles. The maximum absolute atomic E-state index is 6.14. The van der Waals surface area contributed by atoms with Crippen LogP contribution in [-0.4, -0.2) is 16.5 Å². The number of hydrogen-bond donors (Lipinski definition) is 0. The Hall–Kier alpha value is -2.13. The van der Waals surface area contributed by atoms with Crippen molar-refractivity contribution in [3.05, 3.63) is 59.5 Å². The zero-order chi connectivity index (χ0) is 14.8. The number of benzene rings is 2. The molecule has 3 nitrogen and oxygen atoms in total. The van der Waals surface area contributed by atoms with E-state index < -0.39 is 0 Å². The third-order valence-electron chi connectivity index (χ3n) is 3.63. The number of fused-ring (bicyclic) bond motifs is 1. The van der Waals surface area contributed by atoms with Gasteiger partial charge in [-0.15, -0.1) is 0 Å². The van der Waals surface area contributed by atoms with Gasteiger partial charge in [-0.2, -0.15) is 0 Å². The first-order chi connectivity index (χ1) is 10.2. The monoisotopic (exact) mass is 297 g/mol. The minimum atomic E-state index is 0.499. The lowest BCUT2D eigenvalue weighted by molar-refractivity contribution is 0.966. The highest BCUT2D eigenvalue weighted by Crippen LogP contribution is 2.33. The highest BCUT2D eigenvalue weighted by atomic mass is 35.5. The lowest BCUT2D eigenvalue weighted by atomic mass is 10.1. The lowest BCUT2D eigenvalue weighted by Crippen LogP contribution is -2.19. The van der Waals surface area contributed by atoms with Gasteiger partial charge in [-0.1, -0.05) is 48.0 Å². The summed E-state index contributed by atoms with van der Waals surface area (Å²) < 4.78 is 0. The Morgan fingerprint density at radius 3 is 2.62 bits per heavy atom. The summed E-state index contributed by atoms with van der Waals surface area (Å²) in [7, 11) is 0. The molecule has 4 heteroatoms. The zero-order valence-corrected chi connectivity index (χ0v) is 12.8. The van der Waals surface area contributed by atoms with Crippen LogP contribution >= 0.6 is 11.6 Å². The van der Waals surface area contributed by atoms with E-state index in [4.69, 9.17) is 11.6 Å². The molecular weight excluding hydrogens is 282 g/mol. The summed E-state index contributed by atoms with van der Waals surface area (Å²) >= 11 is 6.14. The SMILES string of the molecule is CCN(c1ncnc(Cl)c1C)c1cccc2ccccc12. The fourth-order valence-electron chi connectivity index (χ4n) is 2.57. The molecule has 0 fully saturated rings. The van der Waals surface area contributed by atoms with Crippen molar-refractivity contribution in [1.29, 1.82) is 0 Å². The summed E-state index contributed by atoms with van der Waals surface area (Å²) in [6.07, 6.45) is 1.51. The van der Waals surface area contributed by atoms with Gasteiger partial charge in [-0.25, -0.2) is 9.97 Å². The van der Waals surface area contributed by atoms with Gasteiger partial charge in [0.1, 0.15) is 17.3 Å². The van der Waals surface area contributed by atoms with Crippen molar-refractivity contribution in [3.8, 4) is 0 Å². The zero-order valence-electron chi connectivity index (χ0n) is 12.0. The molecule has 0 bridgehead atoms. The van der Waals surface area contributed by atoms with E-state index in [1.165, 1.54) is 17.1 Å². The molecule has 3 rings (SSSR count). The van der Waals surface area contributed by atoms with Crippen molar-refractivity contribution in [1.82, 2.24) is 9.97 Å². The fourth-order valence-corrected chi connectivity index (χ4v) is 2.70. The average Bonchev–Trinajstić information content (AvgIpc) is 2.52. The van der Waals surface area contributed by atoms with Crippen molar-refractivity contribution < 1.29 is 0 Å². The molecule has 0 atom stereocenters. The molecule has 3 aromatic rings. The van der Waals surface area contributed by atoms with E-state index in [1.807, 2.05) is 6.92 Å². The number of rotatable bonds is 3. The summed E-state index contributed by atoms with van der Waals surface area (Å²) in [4.78, 5) is 10.6. The van der Waals surface area contributed by atoms with Gasteiger partial charge < -0.3 is 4.90 Å². The third-order valence-corrected chi connectivity index (χ3v) is 4.01. The minimum absolute atomic E-state index is 0.499. The smallest absolute Gasteiger partial charge is 0.140 e. The average molecular weight is 298 g/mol. The Bertz CT molecular complexity index is 781. The number of aromatic nitrogens is 2. The van der Waals surface area contributed by atoms with Crippen LogP contribution in [0.15, 0.2) is 48.8 Å². The Morgan fingerprint density at radius 2 is 1.81 bits per heavy atom. The molecule has 0 radical (unpaired) electrons. The predicted molar refractivity (Wildman–Crippen MR) is 88.4 cm³/mol. The normalized spacial score (nSPS) is 10.8. The first-order valence-electron chi connectivity index (χ1n) is 6.94. The fraction of sp³-hybridized carbons (Fsp3) is 0.176. The van der Waals surface area contributed by atoms with Crippen molar-refractivity contribution in [2.75, 3.05) is 11.4 Å². The second-order valence-electron chi connectivity index (χ2n) is 4.86. The van der Waals surface area contributed by atoms with E-state index in [-0.39, 0.29) is 0 Å². The van der Waals surface area contributed by atoms with Gasteiger partial charge in [-0.3, -0.25) is 0 Å². The molecule has 0 saturated carbocycles. The van der Waals surface area contributed by atoms with Crippen molar-refractivity contribution in [2.45, 2.75) is 13.8 Å². The van der Waals surface area contributed by atoms with Gasteiger partial charge in [0.25, 0.3) is 0 Å². The molecular formula is C17H16ClN3. The number of anilines is 2. The molecule has 1 heterocycles. The molecule has 0 unspecified atom stereocenters. The molecule has 0 aliphatic heterocycles. The molecule has 0 spiro atoms. The standard InChI is InChI=1S/C17H16ClN3/c1-3-21(17-12(2)16(18)19-11-20-17)15-10-6-8-13-7-4-5-9-14(13)15/h4-11H,3H2,1-2H3. The minimum Gasteiger partial charge on any atom is -0.326 e. The van der Waals surface area contributed by atoms with Gasteiger partial charge in [0.15, 0.2) is 0 Å². The topological polar surface area (TPSA) is 29.0 Å². The second kappa shape index (κ2) is 5.70. The Labute approximate surface area is 129 Å². The van der Waals surface area contributed by atoms with Gasteiger partial charge in [0.05, 0.1) is 5.69 Å². The molecule has 21 heavy (non-hydrogen) atoms. The largest absolute Gasteiger partial charge is 0.326 e.